The van der Waals surface area contributed by atoms with Crippen molar-refractivity contribution in [3.05, 3.63) is 42.7 Å². The van der Waals surface area contributed by atoms with E-state index in [0.717, 1.165) is 35.9 Å². The summed E-state index contributed by atoms with van der Waals surface area (Å²) in [6.07, 6.45) is 3.59. The standard InChI is InChI=1S/C16H11N3OS2/c1-9(20)18-15-14(10-6-7-17-8-13(10)22-15)16-19-11-4-2-3-5-12(11)21-16/h2-8H,1H3,(H,18,20). The fourth-order valence-corrected chi connectivity index (χ4v) is 4.60. The first-order valence-corrected chi connectivity index (χ1v) is 8.36. The van der Waals surface area contributed by atoms with Crippen LogP contribution in [0.2, 0.25) is 0 Å². The lowest BCUT2D eigenvalue weighted by molar-refractivity contribution is -0.114. The van der Waals surface area contributed by atoms with Crippen molar-refractivity contribution in [2.24, 2.45) is 0 Å². The van der Waals surface area contributed by atoms with Crippen LogP contribution >= 0.6 is 22.7 Å². The quantitative estimate of drug-likeness (QED) is 0.589. The van der Waals surface area contributed by atoms with Crippen molar-refractivity contribution in [2.75, 3.05) is 5.32 Å². The van der Waals surface area contributed by atoms with Crippen molar-refractivity contribution in [3.8, 4) is 10.6 Å². The van der Waals surface area contributed by atoms with E-state index >= 15 is 0 Å². The van der Waals surface area contributed by atoms with E-state index in [4.69, 9.17) is 4.98 Å². The average molecular weight is 325 g/mol. The smallest absolute Gasteiger partial charge is 0.221 e. The highest BCUT2D eigenvalue weighted by Crippen LogP contribution is 2.44. The molecular weight excluding hydrogens is 314 g/mol. The summed E-state index contributed by atoms with van der Waals surface area (Å²) < 4.78 is 2.18. The zero-order valence-electron chi connectivity index (χ0n) is 11.7. The number of aromatic nitrogens is 2. The molecule has 0 saturated carbocycles. The van der Waals surface area contributed by atoms with Crippen molar-refractivity contribution >= 4 is 53.9 Å². The van der Waals surface area contributed by atoms with Crippen LogP contribution in [0.5, 0.6) is 0 Å². The number of pyridine rings is 1. The molecule has 1 amide bonds. The van der Waals surface area contributed by atoms with Gasteiger partial charge >= 0.3 is 0 Å². The van der Waals surface area contributed by atoms with Crippen molar-refractivity contribution in [1.82, 2.24) is 9.97 Å². The summed E-state index contributed by atoms with van der Waals surface area (Å²) in [6.45, 7) is 1.52. The van der Waals surface area contributed by atoms with Gasteiger partial charge in [0.1, 0.15) is 10.0 Å². The minimum absolute atomic E-state index is 0.0816. The molecule has 0 bridgehead atoms. The first-order chi connectivity index (χ1) is 10.7. The zero-order valence-corrected chi connectivity index (χ0v) is 13.3. The first kappa shape index (κ1) is 13.4. The molecule has 4 rings (SSSR count). The van der Waals surface area contributed by atoms with Crippen molar-refractivity contribution in [3.63, 3.8) is 0 Å². The Hall–Kier alpha value is -2.31. The lowest BCUT2D eigenvalue weighted by Crippen LogP contribution is -2.04. The van der Waals surface area contributed by atoms with Gasteiger partial charge in [0, 0.05) is 24.7 Å². The molecule has 1 aromatic carbocycles. The lowest BCUT2D eigenvalue weighted by atomic mass is 10.2. The molecule has 0 atom stereocenters. The summed E-state index contributed by atoms with van der Waals surface area (Å²) in [6, 6.07) is 10.0. The minimum Gasteiger partial charge on any atom is -0.317 e. The number of para-hydroxylation sites is 1. The molecule has 0 unspecified atom stereocenters. The number of benzene rings is 1. The number of hydrogen-bond donors (Lipinski definition) is 1. The Morgan fingerprint density at radius 3 is 2.82 bits per heavy atom. The number of carbonyl (C=O) groups excluding carboxylic acids is 1. The van der Waals surface area contributed by atoms with Gasteiger partial charge in [-0.2, -0.15) is 0 Å². The molecule has 0 spiro atoms. The molecule has 0 fully saturated rings. The Kier molecular flexibility index (Phi) is 3.13. The van der Waals surface area contributed by atoms with Crippen LogP contribution in [0.3, 0.4) is 0 Å². The van der Waals surface area contributed by atoms with Gasteiger partial charge < -0.3 is 5.32 Å². The fourth-order valence-electron chi connectivity index (χ4n) is 2.39. The molecule has 22 heavy (non-hydrogen) atoms. The second-order valence-electron chi connectivity index (χ2n) is 4.85. The van der Waals surface area contributed by atoms with Gasteiger partial charge in [0.15, 0.2) is 0 Å². The van der Waals surface area contributed by atoms with Crippen LogP contribution < -0.4 is 5.32 Å². The van der Waals surface area contributed by atoms with Gasteiger partial charge in [-0.3, -0.25) is 9.78 Å². The number of anilines is 1. The monoisotopic (exact) mass is 325 g/mol. The molecule has 3 aromatic heterocycles. The number of fused-ring (bicyclic) bond motifs is 2. The highest BCUT2D eigenvalue weighted by molar-refractivity contribution is 7.25. The van der Waals surface area contributed by atoms with Crippen LogP contribution in [0.15, 0.2) is 42.7 Å². The molecule has 0 saturated heterocycles. The molecule has 0 radical (unpaired) electrons. The van der Waals surface area contributed by atoms with Crippen LogP contribution in [0.25, 0.3) is 30.9 Å². The van der Waals surface area contributed by atoms with Crippen LogP contribution in [0.1, 0.15) is 6.92 Å². The zero-order chi connectivity index (χ0) is 15.1. The number of amides is 1. The predicted octanol–water partition coefficient (Wildman–Crippen LogP) is 4.53. The van der Waals surface area contributed by atoms with E-state index in [-0.39, 0.29) is 5.91 Å². The van der Waals surface area contributed by atoms with Gasteiger partial charge in [-0.05, 0) is 18.2 Å². The van der Waals surface area contributed by atoms with Gasteiger partial charge in [0.05, 0.1) is 20.5 Å². The average Bonchev–Trinajstić information content (AvgIpc) is 3.06. The second-order valence-corrected chi connectivity index (χ2v) is 6.93. The van der Waals surface area contributed by atoms with E-state index < -0.39 is 0 Å². The number of nitrogens with zero attached hydrogens (tertiary/aromatic N) is 2. The number of thiazole rings is 1. The van der Waals surface area contributed by atoms with Crippen molar-refractivity contribution in [2.45, 2.75) is 6.92 Å². The van der Waals surface area contributed by atoms with E-state index in [1.165, 1.54) is 18.3 Å². The van der Waals surface area contributed by atoms with E-state index in [9.17, 15) is 4.79 Å². The number of nitrogens with one attached hydrogen (secondary N) is 1. The maximum atomic E-state index is 11.5. The van der Waals surface area contributed by atoms with E-state index in [2.05, 4.69) is 16.4 Å². The minimum atomic E-state index is -0.0816. The van der Waals surface area contributed by atoms with Gasteiger partial charge in [-0.25, -0.2) is 4.98 Å². The lowest BCUT2D eigenvalue weighted by Gasteiger charge is -2.01. The summed E-state index contributed by atoms with van der Waals surface area (Å²) >= 11 is 3.16. The molecule has 0 aliphatic carbocycles. The third-order valence-corrected chi connectivity index (χ3v) is 5.40. The Morgan fingerprint density at radius 1 is 1.14 bits per heavy atom. The topological polar surface area (TPSA) is 54.9 Å². The largest absolute Gasteiger partial charge is 0.317 e. The van der Waals surface area contributed by atoms with E-state index in [1.54, 1.807) is 17.5 Å². The third-order valence-electron chi connectivity index (χ3n) is 3.29. The summed E-state index contributed by atoms with van der Waals surface area (Å²) in [7, 11) is 0. The van der Waals surface area contributed by atoms with Crippen LogP contribution in [0, 0.1) is 0 Å². The molecular formula is C16H11N3OS2. The Labute approximate surface area is 134 Å². The molecule has 108 valence electrons. The van der Waals surface area contributed by atoms with Crippen molar-refractivity contribution in [1.29, 1.82) is 0 Å². The number of thiophene rings is 1. The van der Waals surface area contributed by atoms with Gasteiger partial charge in [0.2, 0.25) is 5.91 Å². The molecule has 0 aliphatic rings. The molecule has 3 heterocycles. The third kappa shape index (κ3) is 2.17. The molecule has 0 aliphatic heterocycles. The summed E-state index contributed by atoms with van der Waals surface area (Å²) in [5.41, 5.74) is 1.96. The van der Waals surface area contributed by atoms with Crippen LogP contribution in [0.4, 0.5) is 5.00 Å². The maximum absolute atomic E-state index is 11.5. The number of rotatable bonds is 2. The Bertz CT molecular complexity index is 970. The van der Waals surface area contributed by atoms with Crippen molar-refractivity contribution < 1.29 is 4.79 Å². The Morgan fingerprint density at radius 2 is 2.00 bits per heavy atom. The summed E-state index contributed by atoms with van der Waals surface area (Å²) in [5, 5.41) is 5.74. The van der Waals surface area contributed by atoms with Crippen LogP contribution in [-0.4, -0.2) is 15.9 Å². The van der Waals surface area contributed by atoms with E-state index in [0.29, 0.717) is 0 Å². The maximum Gasteiger partial charge on any atom is 0.221 e. The van der Waals surface area contributed by atoms with Gasteiger partial charge in [0.25, 0.3) is 0 Å². The second kappa shape index (κ2) is 5.15. The summed E-state index contributed by atoms with van der Waals surface area (Å²) in [5.74, 6) is -0.0816. The Balaban J connectivity index is 2.00. The van der Waals surface area contributed by atoms with E-state index in [1.807, 2.05) is 30.5 Å². The highest BCUT2D eigenvalue weighted by Gasteiger charge is 2.18. The van der Waals surface area contributed by atoms with Gasteiger partial charge in [-0.1, -0.05) is 12.1 Å². The fraction of sp³-hybridized carbons (Fsp3) is 0.0625. The van der Waals surface area contributed by atoms with Gasteiger partial charge in [-0.15, -0.1) is 22.7 Å². The molecule has 6 heteroatoms. The number of carbonyl (C=O) groups is 1. The first-order valence-electron chi connectivity index (χ1n) is 6.72. The molecule has 4 nitrogen and oxygen atoms in total. The SMILES string of the molecule is CC(=O)Nc1sc2cnccc2c1-c1nc2ccccc2s1. The normalized spacial score (nSPS) is 11.1. The van der Waals surface area contributed by atoms with Crippen LogP contribution in [-0.2, 0) is 4.79 Å². The molecule has 1 N–H and O–H groups in total. The number of hydrogen-bond acceptors (Lipinski definition) is 5. The summed E-state index contributed by atoms with van der Waals surface area (Å²) in [4.78, 5) is 20.4. The molecule has 4 aromatic rings. The highest BCUT2D eigenvalue weighted by atomic mass is 32.1. The predicted molar refractivity (Wildman–Crippen MR) is 92.5 cm³/mol.